The minimum atomic E-state index is -0.0314. The van der Waals surface area contributed by atoms with Gasteiger partial charge in [-0.05, 0) is 42.2 Å². The number of ether oxygens (including phenoxy) is 2. The lowest BCUT2D eigenvalue weighted by molar-refractivity contribution is -0.115. The van der Waals surface area contributed by atoms with Crippen LogP contribution in [0.1, 0.15) is 43.9 Å². The van der Waals surface area contributed by atoms with Crippen LogP contribution in [0.5, 0.6) is 11.5 Å². The maximum absolute atomic E-state index is 11.8. The molecule has 0 heterocycles. The zero-order valence-electron chi connectivity index (χ0n) is 15.5. The maximum atomic E-state index is 11.8. The molecule has 0 bridgehead atoms. The molecule has 2 aromatic carbocycles. The molecular weight excluding hydrogens is 314 g/mol. The molecule has 25 heavy (non-hydrogen) atoms. The fourth-order valence-corrected chi connectivity index (χ4v) is 2.68. The number of amides is 1. The molecule has 0 unspecified atom stereocenters. The Morgan fingerprint density at radius 1 is 1.04 bits per heavy atom. The van der Waals surface area contributed by atoms with Crippen LogP contribution in [0.4, 0.5) is 5.69 Å². The van der Waals surface area contributed by atoms with Gasteiger partial charge in [0.1, 0.15) is 18.1 Å². The number of carbonyl (C=O) groups excluding carboxylic acids is 1. The number of benzene rings is 2. The van der Waals surface area contributed by atoms with E-state index >= 15 is 0 Å². The van der Waals surface area contributed by atoms with Crippen molar-refractivity contribution < 1.29 is 14.3 Å². The van der Waals surface area contributed by atoms with Gasteiger partial charge in [0, 0.05) is 6.42 Å². The molecule has 0 fully saturated rings. The smallest absolute Gasteiger partial charge is 0.224 e. The average molecular weight is 341 g/mol. The molecule has 0 saturated carbocycles. The molecule has 0 radical (unpaired) electrons. The highest BCUT2D eigenvalue weighted by atomic mass is 16.5. The Kier molecular flexibility index (Phi) is 6.87. The van der Waals surface area contributed by atoms with Crippen LogP contribution in [-0.2, 0) is 24.2 Å². The summed E-state index contributed by atoms with van der Waals surface area (Å²) in [5, 5.41) is 2.92. The predicted octanol–water partition coefficient (Wildman–Crippen LogP) is 4.75. The SMILES string of the molecule is CCC(=O)Nc1cccc(OC)c1COc1ccc(CC)cc1CC. The highest BCUT2D eigenvalue weighted by Crippen LogP contribution is 2.29. The standard InChI is InChI=1S/C21H27NO3/c1-5-15-11-12-19(16(6-2)13-15)25-14-17-18(22-21(23)7-3)9-8-10-20(17)24-4/h8-13H,5-7,14H2,1-4H3,(H,22,23). The molecule has 0 atom stereocenters. The molecular formula is C21H27NO3. The van der Waals surface area contributed by atoms with E-state index in [2.05, 4.69) is 31.3 Å². The summed E-state index contributed by atoms with van der Waals surface area (Å²) in [4.78, 5) is 11.8. The molecule has 0 spiro atoms. The monoisotopic (exact) mass is 341 g/mol. The third-order valence-corrected chi connectivity index (χ3v) is 4.23. The first kappa shape index (κ1) is 18.8. The Morgan fingerprint density at radius 2 is 1.84 bits per heavy atom. The minimum absolute atomic E-state index is 0.0314. The Hall–Kier alpha value is -2.49. The third-order valence-electron chi connectivity index (χ3n) is 4.23. The molecule has 0 aromatic heterocycles. The van der Waals surface area contributed by atoms with Crippen molar-refractivity contribution in [1.82, 2.24) is 0 Å². The van der Waals surface area contributed by atoms with Crippen molar-refractivity contribution in [3.8, 4) is 11.5 Å². The number of methoxy groups -OCH3 is 1. The second kappa shape index (κ2) is 9.11. The van der Waals surface area contributed by atoms with E-state index in [0.29, 0.717) is 18.8 Å². The summed E-state index contributed by atoms with van der Waals surface area (Å²) in [5.41, 5.74) is 4.06. The lowest BCUT2D eigenvalue weighted by Gasteiger charge is -2.17. The molecule has 2 rings (SSSR count). The van der Waals surface area contributed by atoms with Crippen LogP contribution in [-0.4, -0.2) is 13.0 Å². The first-order valence-electron chi connectivity index (χ1n) is 8.83. The highest BCUT2D eigenvalue weighted by Gasteiger charge is 2.13. The van der Waals surface area contributed by atoms with E-state index < -0.39 is 0 Å². The van der Waals surface area contributed by atoms with Crippen LogP contribution in [0.2, 0.25) is 0 Å². The molecule has 2 aromatic rings. The van der Waals surface area contributed by atoms with Gasteiger partial charge in [0.25, 0.3) is 0 Å². The molecule has 0 aliphatic heterocycles. The van der Waals surface area contributed by atoms with E-state index in [4.69, 9.17) is 9.47 Å². The molecule has 0 saturated heterocycles. The number of carbonyl (C=O) groups is 1. The first-order chi connectivity index (χ1) is 12.1. The fraction of sp³-hybridized carbons (Fsp3) is 0.381. The van der Waals surface area contributed by atoms with Gasteiger partial charge in [-0.25, -0.2) is 0 Å². The van der Waals surface area contributed by atoms with Gasteiger partial charge >= 0.3 is 0 Å². The lowest BCUT2D eigenvalue weighted by atomic mass is 10.1. The van der Waals surface area contributed by atoms with E-state index in [0.717, 1.165) is 29.8 Å². The Bertz CT molecular complexity index is 725. The lowest BCUT2D eigenvalue weighted by Crippen LogP contribution is -2.13. The molecule has 1 N–H and O–H groups in total. The van der Waals surface area contributed by atoms with Crippen LogP contribution in [0.15, 0.2) is 36.4 Å². The van der Waals surface area contributed by atoms with Crippen LogP contribution in [0.25, 0.3) is 0 Å². The molecule has 134 valence electrons. The van der Waals surface area contributed by atoms with Crippen molar-refractivity contribution in [2.45, 2.75) is 46.6 Å². The van der Waals surface area contributed by atoms with Gasteiger partial charge in [-0.2, -0.15) is 0 Å². The van der Waals surface area contributed by atoms with E-state index in [1.54, 1.807) is 7.11 Å². The van der Waals surface area contributed by atoms with E-state index in [-0.39, 0.29) is 5.91 Å². The third kappa shape index (κ3) is 4.75. The summed E-state index contributed by atoms with van der Waals surface area (Å²) in [5.74, 6) is 1.55. The van der Waals surface area contributed by atoms with E-state index in [1.165, 1.54) is 11.1 Å². The van der Waals surface area contributed by atoms with Crippen molar-refractivity contribution in [2.24, 2.45) is 0 Å². The topological polar surface area (TPSA) is 47.6 Å². The largest absolute Gasteiger partial charge is 0.496 e. The van der Waals surface area contributed by atoms with Gasteiger partial charge in [0.15, 0.2) is 0 Å². The predicted molar refractivity (Wildman–Crippen MR) is 101 cm³/mol. The second-order valence-electron chi connectivity index (χ2n) is 5.83. The van der Waals surface area contributed by atoms with Gasteiger partial charge in [-0.15, -0.1) is 0 Å². The zero-order valence-corrected chi connectivity index (χ0v) is 15.5. The normalized spacial score (nSPS) is 10.4. The Balaban J connectivity index is 2.26. The van der Waals surface area contributed by atoms with Gasteiger partial charge in [-0.1, -0.05) is 39.0 Å². The van der Waals surface area contributed by atoms with Gasteiger partial charge in [0.2, 0.25) is 5.91 Å². The molecule has 0 aliphatic rings. The molecule has 4 nitrogen and oxygen atoms in total. The molecule has 4 heteroatoms. The van der Waals surface area contributed by atoms with Crippen LogP contribution in [0.3, 0.4) is 0 Å². The fourth-order valence-electron chi connectivity index (χ4n) is 2.68. The quantitative estimate of drug-likeness (QED) is 0.754. The van der Waals surface area contributed by atoms with Crippen molar-refractivity contribution in [2.75, 3.05) is 12.4 Å². The van der Waals surface area contributed by atoms with E-state index in [9.17, 15) is 4.79 Å². The van der Waals surface area contributed by atoms with Crippen molar-refractivity contribution >= 4 is 11.6 Å². The maximum Gasteiger partial charge on any atom is 0.224 e. The number of nitrogens with one attached hydrogen (secondary N) is 1. The van der Waals surface area contributed by atoms with E-state index in [1.807, 2.05) is 31.2 Å². The highest BCUT2D eigenvalue weighted by molar-refractivity contribution is 5.91. The Morgan fingerprint density at radius 3 is 2.48 bits per heavy atom. The summed E-state index contributed by atoms with van der Waals surface area (Å²) >= 11 is 0. The average Bonchev–Trinajstić information content (AvgIpc) is 2.66. The van der Waals surface area contributed by atoms with Crippen molar-refractivity contribution in [3.05, 3.63) is 53.1 Å². The van der Waals surface area contributed by atoms with Gasteiger partial charge in [0.05, 0.1) is 18.4 Å². The number of rotatable bonds is 8. The van der Waals surface area contributed by atoms with Crippen molar-refractivity contribution in [3.63, 3.8) is 0 Å². The Labute approximate surface area is 150 Å². The summed E-state index contributed by atoms with van der Waals surface area (Å²) in [6.45, 7) is 6.43. The van der Waals surface area contributed by atoms with Gasteiger partial charge < -0.3 is 14.8 Å². The van der Waals surface area contributed by atoms with Crippen LogP contribution >= 0.6 is 0 Å². The second-order valence-corrected chi connectivity index (χ2v) is 5.83. The zero-order chi connectivity index (χ0) is 18.2. The summed E-state index contributed by atoms with van der Waals surface area (Å²) in [6, 6.07) is 11.9. The summed E-state index contributed by atoms with van der Waals surface area (Å²) < 4.78 is 11.5. The number of aryl methyl sites for hydroxylation is 2. The minimum Gasteiger partial charge on any atom is -0.496 e. The van der Waals surface area contributed by atoms with Gasteiger partial charge in [-0.3, -0.25) is 4.79 Å². The van der Waals surface area contributed by atoms with Crippen molar-refractivity contribution in [1.29, 1.82) is 0 Å². The molecule has 0 aliphatic carbocycles. The van der Waals surface area contributed by atoms with Crippen LogP contribution < -0.4 is 14.8 Å². The first-order valence-corrected chi connectivity index (χ1v) is 8.83. The summed E-state index contributed by atoms with van der Waals surface area (Å²) in [6.07, 6.45) is 2.34. The van der Waals surface area contributed by atoms with Crippen LogP contribution in [0, 0.1) is 0 Å². The number of hydrogen-bond donors (Lipinski definition) is 1. The number of anilines is 1. The molecule has 1 amide bonds. The number of hydrogen-bond acceptors (Lipinski definition) is 3. The summed E-state index contributed by atoms with van der Waals surface area (Å²) in [7, 11) is 1.62.